The lowest BCUT2D eigenvalue weighted by Crippen LogP contribution is -2.12. The number of carbonyl (C=O) groups excluding carboxylic acids is 1. The molecule has 0 heterocycles. The molecule has 1 fully saturated rings. The van der Waals surface area contributed by atoms with Crippen molar-refractivity contribution >= 4 is 27.8 Å². The number of benzene rings is 2. The predicted molar refractivity (Wildman–Crippen MR) is 114 cm³/mol. The number of ether oxygens (including phenoxy) is 2. The second kappa shape index (κ2) is 8.66. The van der Waals surface area contributed by atoms with Gasteiger partial charge in [0, 0.05) is 23.5 Å². The van der Waals surface area contributed by atoms with Crippen LogP contribution in [0, 0.1) is 0 Å². The van der Waals surface area contributed by atoms with E-state index >= 15 is 0 Å². The Kier molecular flexibility index (Phi) is 6.23. The highest BCUT2D eigenvalue weighted by Gasteiger charge is 2.20. The second-order valence-electron chi connectivity index (χ2n) is 7.01. The summed E-state index contributed by atoms with van der Waals surface area (Å²) < 4.78 is 33.8. The molecule has 29 heavy (non-hydrogen) atoms. The molecule has 0 unspecified atom stereocenters. The van der Waals surface area contributed by atoms with Gasteiger partial charge >= 0.3 is 0 Å². The summed E-state index contributed by atoms with van der Waals surface area (Å²) in [5.74, 6) is 1.35. The minimum absolute atomic E-state index is 0.0187. The molecule has 1 aliphatic rings. The van der Waals surface area contributed by atoms with Crippen LogP contribution in [0.5, 0.6) is 11.5 Å². The van der Waals surface area contributed by atoms with Crippen molar-refractivity contribution in [3.63, 3.8) is 0 Å². The van der Waals surface area contributed by atoms with Gasteiger partial charge in [-0.3, -0.25) is 4.79 Å². The average Bonchev–Trinajstić information content (AvgIpc) is 2.70. The Morgan fingerprint density at radius 1 is 0.828 bits per heavy atom. The van der Waals surface area contributed by atoms with Gasteiger partial charge in [-0.05, 0) is 66.8 Å². The SMILES string of the molecule is COc1cc(/C=C2\CCC/C(=C\c3ccc(S(C)(=O)=O)cc3)C2=O)cc(OC)c1. The van der Waals surface area contributed by atoms with Crippen molar-refractivity contribution in [3.05, 3.63) is 64.7 Å². The second-order valence-corrected chi connectivity index (χ2v) is 9.02. The first-order valence-corrected chi connectivity index (χ1v) is 11.2. The van der Waals surface area contributed by atoms with E-state index in [1.807, 2.05) is 24.3 Å². The van der Waals surface area contributed by atoms with Crippen LogP contribution in [0.2, 0.25) is 0 Å². The third-order valence-corrected chi connectivity index (χ3v) is 5.97. The van der Waals surface area contributed by atoms with E-state index in [1.54, 1.807) is 44.6 Å². The fourth-order valence-electron chi connectivity index (χ4n) is 3.30. The topological polar surface area (TPSA) is 69.7 Å². The third kappa shape index (κ3) is 5.15. The minimum atomic E-state index is -3.24. The van der Waals surface area contributed by atoms with E-state index in [-0.39, 0.29) is 10.7 Å². The van der Waals surface area contributed by atoms with Gasteiger partial charge in [0.1, 0.15) is 11.5 Å². The molecule has 0 radical (unpaired) electrons. The standard InChI is InChI=1S/C23H24O5S/c1-27-20-13-17(14-21(15-20)28-2)12-19-6-4-5-18(23(19)24)11-16-7-9-22(10-8-16)29(3,25)26/h7-15H,4-6H2,1-3H3/b18-11+,19-12+. The van der Waals surface area contributed by atoms with Crippen LogP contribution in [0.1, 0.15) is 30.4 Å². The summed E-state index contributed by atoms with van der Waals surface area (Å²) in [5, 5.41) is 0. The van der Waals surface area contributed by atoms with Crippen molar-refractivity contribution in [2.24, 2.45) is 0 Å². The summed E-state index contributed by atoms with van der Waals surface area (Å²) in [6, 6.07) is 12.1. The summed E-state index contributed by atoms with van der Waals surface area (Å²) >= 11 is 0. The van der Waals surface area contributed by atoms with Crippen molar-refractivity contribution in [3.8, 4) is 11.5 Å². The monoisotopic (exact) mass is 412 g/mol. The van der Waals surface area contributed by atoms with Crippen molar-refractivity contribution in [1.82, 2.24) is 0 Å². The summed E-state index contributed by atoms with van der Waals surface area (Å²) in [6.07, 6.45) is 7.19. The van der Waals surface area contributed by atoms with Gasteiger partial charge in [0.15, 0.2) is 15.6 Å². The zero-order valence-electron chi connectivity index (χ0n) is 16.8. The Labute approximate surface area is 171 Å². The average molecular weight is 413 g/mol. The molecule has 2 aromatic rings. The summed E-state index contributed by atoms with van der Waals surface area (Å²) in [6.45, 7) is 0. The number of allylic oxidation sites excluding steroid dienone is 2. The summed E-state index contributed by atoms with van der Waals surface area (Å²) in [7, 11) is -0.0543. The summed E-state index contributed by atoms with van der Waals surface area (Å²) in [5.41, 5.74) is 3.13. The number of ketones is 1. The number of hydrogen-bond acceptors (Lipinski definition) is 5. The largest absolute Gasteiger partial charge is 0.497 e. The maximum atomic E-state index is 13.0. The molecule has 0 amide bonds. The number of methoxy groups -OCH3 is 2. The number of sulfone groups is 1. The molecule has 0 atom stereocenters. The third-order valence-electron chi connectivity index (χ3n) is 4.84. The summed E-state index contributed by atoms with van der Waals surface area (Å²) in [4.78, 5) is 13.2. The molecule has 0 aliphatic heterocycles. The van der Waals surface area contributed by atoms with Gasteiger partial charge in [-0.1, -0.05) is 12.1 Å². The molecule has 6 heteroatoms. The Bertz CT molecular complexity index is 1050. The van der Waals surface area contributed by atoms with Crippen LogP contribution >= 0.6 is 0 Å². The van der Waals surface area contributed by atoms with Gasteiger partial charge in [-0.2, -0.15) is 0 Å². The van der Waals surface area contributed by atoms with Crippen LogP contribution < -0.4 is 9.47 Å². The predicted octanol–water partition coefficient (Wildman–Crippen LogP) is 4.33. The zero-order chi connectivity index (χ0) is 21.0. The Morgan fingerprint density at radius 3 is 1.83 bits per heavy atom. The van der Waals surface area contributed by atoms with E-state index in [0.29, 0.717) is 24.3 Å². The van der Waals surface area contributed by atoms with E-state index in [0.717, 1.165) is 28.7 Å². The first-order valence-electron chi connectivity index (χ1n) is 9.29. The van der Waals surface area contributed by atoms with Gasteiger partial charge in [0.05, 0.1) is 19.1 Å². The Hall–Kier alpha value is -2.86. The maximum Gasteiger partial charge on any atom is 0.185 e. The van der Waals surface area contributed by atoms with Crippen molar-refractivity contribution in [2.45, 2.75) is 24.2 Å². The highest BCUT2D eigenvalue weighted by Crippen LogP contribution is 2.30. The molecule has 3 rings (SSSR count). The molecule has 2 aromatic carbocycles. The smallest absolute Gasteiger partial charge is 0.185 e. The van der Waals surface area contributed by atoms with Crippen LogP contribution in [0.3, 0.4) is 0 Å². The van der Waals surface area contributed by atoms with Crippen LogP contribution in [-0.4, -0.2) is 34.7 Å². The molecular weight excluding hydrogens is 388 g/mol. The highest BCUT2D eigenvalue weighted by atomic mass is 32.2. The maximum absolute atomic E-state index is 13.0. The van der Waals surface area contributed by atoms with E-state index < -0.39 is 9.84 Å². The van der Waals surface area contributed by atoms with Gasteiger partial charge in [0.25, 0.3) is 0 Å². The molecule has 0 spiro atoms. The molecule has 1 aliphatic carbocycles. The number of rotatable bonds is 5. The molecule has 0 bridgehead atoms. The van der Waals surface area contributed by atoms with Gasteiger partial charge in [-0.25, -0.2) is 8.42 Å². The lowest BCUT2D eigenvalue weighted by Gasteiger charge is -2.17. The van der Waals surface area contributed by atoms with Crippen LogP contribution in [0.15, 0.2) is 58.5 Å². The lowest BCUT2D eigenvalue weighted by atomic mass is 9.87. The molecule has 0 N–H and O–H groups in total. The quantitative estimate of drug-likeness (QED) is 0.684. The van der Waals surface area contributed by atoms with Crippen LogP contribution in [-0.2, 0) is 14.6 Å². The van der Waals surface area contributed by atoms with Gasteiger partial charge < -0.3 is 9.47 Å². The molecular formula is C23H24O5S. The molecule has 0 saturated heterocycles. The lowest BCUT2D eigenvalue weighted by molar-refractivity contribution is -0.112. The van der Waals surface area contributed by atoms with Crippen molar-refractivity contribution < 1.29 is 22.7 Å². The Balaban J connectivity index is 1.88. The van der Waals surface area contributed by atoms with E-state index in [2.05, 4.69) is 0 Å². The fourth-order valence-corrected chi connectivity index (χ4v) is 3.93. The minimum Gasteiger partial charge on any atom is -0.497 e. The fraction of sp³-hybridized carbons (Fsp3) is 0.261. The van der Waals surface area contributed by atoms with Crippen LogP contribution in [0.4, 0.5) is 0 Å². The van der Waals surface area contributed by atoms with Crippen molar-refractivity contribution in [1.29, 1.82) is 0 Å². The van der Waals surface area contributed by atoms with E-state index in [9.17, 15) is 13.2 Å². The number of hydrogen-bond donors (Lipinski definition) is 0. The van der Waals surface area contributed by atoms with E-state index in [4.69, 9.17) is 9.47 Å². The van der Waals surface area contributed by atoms with Gasteiger partial charge in [0.2, 0.25) is 0 Å². The molecule has 5 nitrogen and oxygen atoms in total. The van der Waals surface area contributed by atoms with E-state index in [1.165, 1.54) is 6.26 Å². The number of Topliss-reactive ketones (excluding diaryl/α,β-unsaturated/α-hetero) is 1. The molecule has 1 saturated carbocycles. The first-order chi connectivity index (χ1) is 13.8. The highest BCUT2D eigenvalue weighted by molar-refractivity contribution is 7.90. The molecule has 0 aromatic heterocycles. The normalized spacial score (nSPS) is 17.6. The zero-order valence-corrected chi connectivity index (χ0v) is 17.6. The molecule has 152 valence electrons. The van der Waals surface area contributed by atoms with Crippen molar-refractivity contribution in [2.75, 3.05) is 20.5 Å². The first kappa shape index (κ1) is 20.9. The Morgan fingerprint density at radius 2 is 1.34 bits per heavy atom. The van der Waals surface area contributed by atoms with Crippen LogP contribution in [0.25, 0.3) is 12.2 Å². The number of carbonyl (C=O) groups is 1. The van der Waals surface area contributed by atoms with Gasteiger partial charge in [-0.15, -0.1) is 0 Å².